The van der Waals surface area contributed by atoms with Crippen LogP contribution >= 0.6 is 12.4 Å². The number of nitrogens with two attached hydrogens (primary N) is 1. The molecule has 5 heteroatoms. The quantitative estimate of drug-likeness (QED) is 0.803. The molecule has 1 aliphatic carbocycles. The maximum atomic E-state index is 12.0. The minimum absolute atomic E-state index is 0. The fraction of sp³-hybridized carbons (Fsp3) is 0.909. The zero-order valence-corrected chi connectivity index (χ0v) is 10.6. The van der Waals surface area contributed by atoms with E-state index in [9.17, 15) is 4.79 Å². The first-order chi connectivity index (χ1) is 7.21. The van der Waals surface area contributed by atoms with Gasteiger partial charge in [0.25, 0.3) is 5.91 Å². The van der Waals surface area contributed by atoms with E-state index >= 15 is 0 Å². The van der Waals surface area contributed by atoms with Crippen molar-refractivity contribution in [3.63, 3.8) is 0 Å². The Kier molecular flexibility index (Phi) is 4.59. The number of methoxy groups -OCH3 is 1. The lowest BCUT2D eigenvalue weighted by molar-refractivity contribution is -0.140. The zero-order valence-electron chi connectivity index (χ0n) is 9.78. The van der Waals surface area contributed by atoms with Gasteiger partial charge in [-0.05, 0) is 24.7 Å². The largest absolute Gasteiger partial charge is 0.370 e. The summed E-state index contributed by atoms with van der Waals surface area (Å²) in [5, 5.41) is 0. The molecule has 1 heterocycles. The Hall–Kier alpha value is -0.320. The Morgan fingerprint density at radius 1 is 1.50 bits per heavy atom. The summed E-state index contributed by atoms with van der Waals surface area (Å²) in [5.74, 6) is 0.0729. The zero-order chi connectivity index (χ0) is 10.9. The summed E-state index contributed by atoms with van der Waals surface area (Å²) in [6.45, 7) is 2.09. The van der Waals surface area contributed by atoms with Gasteiger partial charge in [0.2, 0.25) is 0 Å². The highest BCUT2D eigenvalue weighted by molar-refractivity contribution is 5.85. The van der Waals surface area contributed by atoms with Crippen LogP contribution in [0.4, 0.5) is 0 Å². The maximum absolute atomic E-state index is 12.0. The summed E-state index contributed by atoms with van der Waals surface area (Å²) >= 11 is 0. The number of carbonyl (C=O) groups is 1. The third kappa shape index (κ3) is 2.34. The predicted molar refractivity (Wildman–Crippen MR) is 64.6 cm³/mol. The smallest absolute Gasteiger partial charge is 0.253 e. The van der Waals surface area contributed by atoms with E-state index in [0.29, 0.717) is 5.41 Å². The van der Waals surface area contributed by atoms with Crippen molar-refractivity contribution in [1.82, 2.24) is 4.90 Å². The Morgan fingerprint density at radius 2 is 2.19 bits per heavy atom. The van der Waals surface area contributed by atoms with Crippen LogP contribution in [0.3, 0.4) is 0 Å². The number of amides is 1. The van der Waals surface area contributed by atoms with Crippen LogP contribution in [0, 0.1) is 5.41 Å². The van der Waals surface area contributed by atoms with E-state index in [2.05, 4.69) is 0 Å². The molecule has 2 aliphatic rings. The molecular weight excluding hydrogens is 228 g/mol. The molecule has 1 saturated carbocycles. The molecule has 16 heavy (non-hydrogen) atoms. The molecule has 1 unspecified atom stereocenters. The first kappa shape index (κ1) is 13.7. The number of likely N-dealkylation sites (tertiary alicyclic amines) is 1. The molecule has 1 amide bonds. The molecule has 94 valence electrons. The average molecular weight is 249 g/mol. The van der Waals surface area contributed by atoms with Crippen molar-refractivity contribution >= 4 is 18.3 Å². The van der Waals surface area contributed by atoms with Crippen LogP contribution in [0.1, 0.15) is 25.7 Å². The summed E-state index contributed by atoms with van der Waals surface area (Å²) in [6.07, 6.45) is 4.63. The van der Waals surface area contributed by atoms with Gasteiger partial charge in [-0.3, -0.25) is 4.79 Å². The normalized spacial score (nSPS) is 23.8. The van der Waals surface area contributed by atoms with Gasteiger partial charge in [0, 0.05) is 26.7 Å². The topological polar surface area (TPSA) is 55.6 Å². The van der Waals surface area contributed by atoms with Crippen molar-refractivity contribution in [2.75, 3.05) is 26.7 Å². The highest BCUT2D eigenvalue weighted by Gasteiger charge is 2.44. The monoisotopic (exact) mass is 248 g/mol. The van der Waals surface area contributed by atoms with E-state index in [0.717, 1.165) is 13.1 Å². The van der Waals surface area contributed by atoms with Crippen LogP contribution in [-0.2, 0) is 9.53 Å². The highest BCUT2D eigenvalue weighted by atomic mass is 35.5. The molecule has 0 bridgehead atoms. The van der Waals surface area contributed by atoms with E-state index in [4.69, 9.17) is 10.5 Å². The van der Waals surface area contributed by atoms with E-state index in [-0.39, 0.29) is 24.9 Å². The second-order valence-corrected chi connectivity index (χ2v) is 4.82. The van der Waals surface area contributed by atoms with Gasteiger partial charge in [-0.15, -0.1) is 12.4 Å². The van der Waals surface area contributed by atoms with Crippen molar-refractivity contribution < 1.29 is 9.53 Å². The molecule has 2 rings (SSSR count). The van der Waals surface area contributed by atoms with Crippen molar-refractivity contribution in [1.29, 1.82) is 0 Å². The molecule has 0 aromatic heterocycles. The molecule has 0 aromatic rings. The molecular formula is C11H21ClN2O2. The second-order valence-electron chi connectivity index (χ2n) is 4.82. The molecule has 1 spiro atoms. The van der Waals surface area contributed by atoms with Gasteiger partial charge >= 0.3 is 0 Å². The number of rotatable bonds is 3. The van der Waals surface area contributed by atoms with Crippen molar-refractivity contribution in [3.05, 3.63) is 0 Å². The Labute approximate surface area is 103 Å². The molecule has 1 aliphatic heterocycles. The van der Waals surface area contributed by atoms with Crippen molar-refractivity contribution in [2.24, 2.45) is 11.1 Å². The lowest BCUT2D eigenvalue weighted by Crippen LogP contribution is -2.44. The molecule has 4 nitrogen and oxygen atoms in total. The van der Waals surface area contributed by atoms with Crippen LogP contribution in [0.25, 0.3) is 0 Å². The van der Waals surface area contributed by atoms with Gasteiger partial charge in [-0.25, -0.2) is 0 Å². The fourth-order valence-electron chi connectivity index (χ4n) is 2.71. The van der Waals surface area contributed by atoms with Gasteiger partial charge < -0.3 is 15.4 Å². The number of ether oxygens (including phenoxy) is 1. The maximum Gasteiger partial charge on any atom is 0.253 e. The minimum Gasteiger partial charge on any atom is -0.370 e. The first-order valence-corrected chi connectivity index (χ1v) is 5.72. The Balaban J connectivity index is 0.00000128. The summed E-state index contributed by atoms with van der Waals surface area (Å²) < 4.78 is 5.08. The lowest BCUT2D eigenvalue weighted by atomic mass is 9.68. The minimum atomic E-state index is -0.444. The third-order valence-corrected chi connectivity index (χ3v) is 3.94. The third-order valence-electron chi connectivity index (χ3n) is 3.94. The molecule has 0 radical (unpaired) electrons. The fourth-order valence-corrected chi connectivity index (χ4v) is 2.71. The molecule has 2 N–H and O–H groups in total. The lowest BCUT2D eigenvalue weighted by Gasteiger charge is -2.38. The standard InChI is InChI=1S/C11H20N2O2.ClH/c1-15-9(7-12)10(14)13-6-5-11(8-13)3-2-4-11;/h9H,2-8,12H2,1H3;1H. The van der Waals surface area contributed by atoms with Crippen LogP contribution in [-0.4, -0.2) is 43.7 Å². The number of hydrogen-bond donors (Lipinski definition) is 1. The Morgan fingerprint density at radius 3 is 2.56 bits per heavy atom. The van der Waals surface area contributed by atoms with Gasteiger partial charge in [-0.2, -0.15) is 0 Å². The summed E-state index contributed by atoms with van der Waals surface area (Å²) in [5.41, 5.74) is 5.95. The summed E-state index contributed by atoms with van der Waals surface area (Å²) in [6, 6.07) is 0. The number of hydrogen-bond acceptors (Lipinski definition) is 3. The summed E-state index contributed by atoms with van der Waals surface area (Å²) in [7, 11) is 1.55. The van der Waals surface area contributed by atoms with E-state index in [1.807, 2.05) is 4.90 Å². The second kappa shape index (κ2) is 5.34. The highest BCUT2D eigenvalue weighted by Crippen LogP contribution is 2.47. The molecule has 1 atom stereocenters. The van der Waals surface area contributed by atoms with Crippen molar-refractivity contribution in [3.8, 4) is 0 Å². The summed E-state index contributed by atoms with van der Waals surface area (Å²) in [4.78, 5) is 13.9. The SMILES string of the molecule is COC(CN)C(=O)N1CCC2(CCC2)C1.Cl. The van der Waals surface area contributed by atoms with Crippen molar-refractivity contribution in [2.45, 2.75) is 31.8 Å². The van der Waals surface area contributed by atoms with Gasteiger partial charge in [0.15, 0.2) is 0 Å². The number of halogens is 1. The van der Waals surface area contributed by atoms with Crippen LogP contribution in [0.2, 0.25) is 0 Å². The Bertz CT molecular complexity index is 252. The molecule has 1 saturated heterocycles. The molecule has 0 aromatic carbocycles. The number of nitrogens with zero attached hydrogens (tertiary/aromatic N) is 1. The van der Waals surface area contributed by atoms with Crippen LogP contribution in [0.5, 0.6) is 0 Å². The molecule has 2 fully saturated rings. The van der Waals surface area contributed by atoms with E-state index < -0.39 is 6.10 Å². The van der Waals surface area contributed by atoms with Crippen LogP contribution in [0.15, 0.2) is 0 Å². The average Bonchev–Trinajstić information content (AvgIpc) is 2.63. The first-order valence-electron chi connectivity index (χ1n) is 5.72. The van der Waals surface area contributed by atoms with Gasteiger partial charge in [-0.1, -0.05) is 6.42 Å². The predicted octanol–water partition coefficient (Wildman–Crippen LogP) is 0.784. The van der Waals surface area contributed by atoms with Crippen LogP contribution < -0.4 is 5.73 Å². The number of carbonyl (C=O) groups excluding carboxylic acids is 1. The van der Waals surface area contributed by atoms with Gasteiger partial charge in [0.05, 0.1) is 0 Å². The van der Waals surface area contributed by atoms with E-state index in [1.165, 1.54) is 25.7 Å². The van der Waals surface area contributed by atoms with Gasteiger partial charge in [0.1, 0.15) is 6.10 Å². The van der Waals surface area contributed by atoms with E-state index in [1.54, 1.807) is 7.11 Å².